The van der Waals surface area contributed by atoms with Crippen LogP contribution in [0, 0.1) is 0 Å². The lowest BCUT2D eigenvalue weighted by Crippen LogP contribution is -2.32. The Morgan fingerprint density at radius 3 is 3.00 bits per heavy atom. The molecular formula is C13H19Cl2N3. The summed E-state index contributed by atoms with van der Waals surface area (Å²) in [6.45, 7) is 2.97. The molecule has 0 saturated carbocycles. The molecule has 1 N–H and O–H groups in total. The lowest BCUT2D eigenvalue weighted by atomic mass is 10.1. The van der Waals surface area contributed by atoms with Gasteiger partial charge in [0.1, 0.15) is 5.15 Å². The maximum absolute atomic E-state index is 6.15. The summed E-state index contributed by atoms with van der Waals surface area (Å²) in [5.74, 6) is 0. The minimum atomic E-state index is 0.505. The van der Waals surface area contributed by atoms with Crippen LogP contribution in [0.5, 0.6) is 0 Å². The first-order valence-corrected chi connectivity index (χ1v) is 7.14. The van der Waals surface area contributed by atoms with Gasteiger partial charge in [0.25, 0.3) is 0 Å². The molecular weight excluding hydrogens is 269 g/mol. The van der Waals surface area contributed by atoms with Crippen LogP contribution >= 0.6 is 23.2 Å². The van der Waals surface area contributed by atoms with E-state index in [0.29, 0.717) is 16.2 Å². The van der Waals surface area contributed by atoms with E-state index in [1.165, 1.54) is 19.3 Å². The third-order valence-electron chi connectivity index (χ3n) is 3.45. The predicted octanol–water partition coefficient (Wildman–Crippen LogP) is 2.96. The summed E-state index contributed by atoms with van der Waals surface area (Å²) in [7, 11) is 2.13. The normalized spacial score (nSPS) is 21.0. The molecule has 2 rings (SSSR count). The zero-order valence-corrected chi connectivity index (χ0v) is 12.1. The molecule has 0 aliphatic carbocycles. The monoisotopic (exact) mass is 287 g/mol. The van der Waals surface area contributed by atoms with E-state index in [4.69, 9.17) is 23.2 Å². The molecule has 0 bridgehead atoms. The van der Waals surface area contributed by atoms with Crippen LogP contribution in [0.3, 0.4) is 0 Å². The van der Waals surface area contributed by atoms with Gasteiger partial charge in [0, 0.05) is 12.6 Å². The Kier molecular flexibility index (Phi) is 5.25. The van der Waals surface area contributed by atoms with Crippen molar-refractivity contribution in [3.63, 3.8) is 0 Å². The Labute approximate surface area is 118 Å². The Balaban J connectivity index is 2.00. The second-order valence-corrected chi connectivity index (χ2v) is 5.61. The third-order valence-corrected chi connectivity index (χ3v) is 4.01. The van der Waals surface area contributed by atoms with Crippen LogP contribution in [0.15, 0.2) is 12.1 Å². The second-order valence-electron chi connectivity index (χ2n) is 4.81. The fourth-order valence-corrected chi connectivity index (χ4v) is 2.71. The van der Waals surface area contributed by atoms with Crippen molar-refractivity contribution in [3.8, 4) is 0 Å². The van der Waals surface area contributed by atoms with Crippen LogP contribution in [-0.4, -0.2) is 36.1 Å². The summed E-state index contributed by atoms with van der Waals surface area (Å²) in [5, 5.41) is 4.62. The SMILES string of the molecule is CN(Cc1nc(Cl)ccc1Cl)C1CCCNCC1. The molecule has 100 valence electrons. The number of pyridine rings is 1. The molecule has 1 saturated heterocycles. The minimum Gasteiger partial charge on any atom is -0.317 e. The van der Waals surface area contributed by atoms with Crippen molar-refractivity contribution in [2.75, 3.05) is 20.1 Å². The van der Waals surface area contributed by atoms with Crippen molar-refractivity contribution in [3.05, 3.63) is 28.0 Å². The minimum absolute atomic E-state index is 0.505. The van der Waals surface area contributed by atoms with Gasteiger partial charge in [-0.3, -0.25) is 4.90 Å². The van der Waals surface area contributed by atoms with E-state index < -0.39 is 0 Å². The molecule has 1 aliphatic heterocycles. The van der Waals surface area contributed by atoms with Gasteiger partial charge in [-0.1, -0.05) is 23.2 Å². The maximum Gasteiger partial charge on any atom is 0.129 e. The fourth-order valence-electron chi connectivity index (χ4n) is 2.38. The van der Waals surface area contributed by atoms with E-state index >= 15 is 0 Å². The topological polar surface area (TPSA) is 28.2 Å². The van der Waals surface area contributed by atoms with Crippen molar-refractivity contribution in [1.29, 1.82) is 0 Å². The van der Waals surface area contributed by atoms with Gasteiger partial charge in [-0.25, -0.2) is 4.98 Å². The third kappa shape index (κ3) is 3.82. The van der Waals surface area contributed by atoms with E-state index in [1.807, 2.05) is 6.07 Å². The van der Waals surface area contributed by atoms with E-state index in [-0.39, 0.29) is 0 Å². The van der Waals surface area contributed by atoms with Crippen molar-refractivity contribution in [2.45, 2.75) is 31.8 Å². The molecule has 1 aromatic heterocycles. The average Bonchev–Trinajstić information content (AvgIpc) is 2.62. The molecule has 18 heavy (non-hydrogen) atoms. The highest BCUT2D eigenvalue weighted by Gasteiger charge is 2.18. The van der Waals surface area contributed by atoms with Crippen LogP contribution in [-0.2, 0) is 6.54 Å². The Bertz CT molecular complexity index is 390. The standard InChI is InChI=1S/C13H19Cl2N3/c1-18(10-3-2-7-16-8-6-10)9-12-11(14)4-5-13(15)17-12/h4-5,10,16H,2-3,6-9H2,1H3. The number of halogens is 2. The summed E-state index contributed by atoms with van der Waals surface area (Å²) < 4.78 is 0. The summed E-state index contributed by atoms with van der Waals surface area (Å²) in [4.78, 5) is 6.64. The Morgan fingerprint density at radius 2 is 2.17 bits per heavy atom. The van der Waals surface area contributed by atoms with Gasteiger partial charge < -0.3 is 5.32 Å². The van der Waals surface area contributed by atoms with Gasteiger partial charge in [0.2, 0.25) is 0 Å². The summed E-state index contributed by atoms with van der Waals surface area (Å²) in [6, 6.07) is 4.13. The molecule has 3 nitrogen and oxygen atoms in total. The number of hydrogen-bond donors (Lipinski definition) is 1. The Hall–Kier alpha value is -0.350. The first-order chi connectivity index (χ1) is 8.66. The molecule has 1 atom stereocenters. The zero-order chi connectivity index (χ0) is 13.0. The van der Waals surface area contributed by atoms with Gasteiger partial charge in [-0.15, -0.1) is 0 Å². The number of hydrogen-bond acceptors (Lipinski definition) is 3. The quantitative estimate of drug-likeness (QED) is 0.867. The predicted molar refractivity (Wildman–Crippen MR) is 76.2 cm³/mol. The van der Waals surface area contributed by atoms with E-state index in [0.717, 1.165) is 25.3 Å². The van der Waals surface area contributed by atoms with Gasteiger partial charge in [0.05, 0.1) is 10.7 Å². The molecule has 0 aromatic carbocycles. The molecule has 0 amide bonds. The van der Waals surface area contributed by atoms with Crippen LogP contribution < -0.4 is 5.32 Å². The highest BCUT2D eigenvalue weighted by atomic mass is 35.5. The fraction of sp³-hybridized carbons (Fsp3) is 0.615. The molecule has 2 heterocycles. The zero-order valence-electron chi connectivity index (χ0n) is 10.6. The number of nitrogens with zero attached hydrogens (tertiary/aromatic N) is 2. The first-order valence-electron chi connectivity index (χ1n) is 6.38. The summed E-state index contributed by atoms with van der Waals surface area (Å²) >= 11 is 12.1. The first kappa shape index (κ1) is 14.1. The summed E-state index contributed by atoms with van der Waals surface area (Å²) in [5.41, 5.74) is 0.865. The highest BCUT2D eigenvalue weighted by molar-refractivity contribution is 6.32. The smallest absolute Gasteiger partial charge is 0.129 e. The average molecular weight is 288 g/mol. The molecule has 0 spiro atoms. The van der Waals surface area contributed by atoms with Crippen molar-refractivity contribution in [2.24, 2.45) is 0 Å². The lowest BCUT2D eigenvalue weighted by molar-refractivity contribution is 0.214. The lowest BCUT2D eigenvalue weighted by Gasteiger charge is -2.26. The molecule has 1 unspecified atom stereocenters. The number of nitrogens with one attached hydrogen (secondary N) is 1. The maximum atomic E-state index is 6.15. The van der Waals surface area contributed by atoms with Gasteiger partial charge in [0.15, 0.2) is 0 Å². The van der Waals surface area contributed by atoms with E-state index in [2.05, 4.69) is 22.2 Å². The van der Waals surface area contributed by atoms with Crippen LogP contribution in [0.2, 0.25) is 10.2 Å². The molecule has 1 fully saturated rings. The van der Waals surface area contributed by atoms with Crippen molar-refractivity contribution >= 4 is 23.2 Å². The van der Waals surface area contributed by atoms with Crippen LogP contribution in [0.25, 0.3) is 0 Å². The molecule has 1 aromatic rings. The van der Waals surface area contributed by atoms with Crippen molar-refractivity contribution in [1.82, 2.24) is 15.2 Å². The van der Waals surface area contributed by atoms with Crippen molar-refractivity contribution < 1.29 is 0 Å². The van der Waals surface area contributed by atoms with Gasteiger partial charge >= 0.3 is 0 Å². The number of rotatable bonds is 3. The largest absolute Gasteiger partial charge is 0.317 e. The summed E-state index contributed by atoms with van der Waals surface area (Å²) in [6.07, 6.45) is 3.63. The molecule has 5 heteroatoms. The van der Waals surface area contributed by atoms with Gasteiger partial charge in [-0.05, 0) is 51.5 Å². The van der Waals surface area contributed by atoms with Crippen LogP contribution in [0.4, 0.5) is 0 Å². The second kappa shape index (κ2) is 6.71. The highest BCUT2D eigenvalue weighted by Crippen LogP contribution is 2.20. The Morgan fingerprint density at radius 1 is 1.33 bits per heavy atom. The number of aromatic nitrogens is 1. The molecule has 0 radical (unpaired) electrons. The van der Waals surface area contributed by atoms with Crippen LogP contribution in [0.1, 0.15) is 25.0 Å². The van der Waals surface area contributed by atoms with E-state index in [9.17, 15) is 0 Å². The molecule has 1 aliphatic rings. The van der Waals surface area contributed by atoms with E-state index in [1.54, 1.807) is 6.07 Å². The van der Waals surface area contributed by atoms with Gasteiger partial charge in [-0.2, -0.15) is 0 Å².